The van der Waals surface area contributed by atoms with Gasteiger partial charge in [-0.1, -0.05) is 68.2 Å². The first-order valence-electron chi connectivity index (χ1n) is 13.5. The van der Waals surface area contributed by atoms with Crippen LogP contribution in [0.2, 0.25) is 0 Å². The number of nitrogens with zero attached hydrogens (tertiary/aromatic N) is 4. The van der Waals surface area contributed by atoms with Crippen LogP contribution in [0.3, 0.4) is 0 Å². The van der Waals surface area contributed by atoms with Gasteiger partial charge in [-0.2, -0.15) is 0 Å². The minimum atomic E-state index is 0.540. The summed E-state index contributed by atoms with van der Waals surface area (Å²) in [6.45, 7) is 31.4. The number of hydrogen-bond donors (Lipinski definition) is 0. The fourth-order valence-corrected chi connectivity index (χ4v) is 4.57. The van der Waals surface area contributed by atoms with E-state index in [1.54, 1.807) is 0 Å². The smallest absolute Gasteiger partial charge is 0.0622 e. The Bertz CT molecular complexity index is 340. The van der Waals surface area contributed by atoms with Crippen LogP contribution >= 0.6 is 0 Å². The molecule has 0 saturated carbocycles. The van der Waals surface area contributed by atoms with Crippen LogP contribution in [0.4, 0.5) is 0 Å². The van der Waals surface area contributed by atoms with E-state index < -0.39 is 0 Å². The van der Waals surface area contributed by atoms with E-state index in [0.717, 1.165) is 78.7 Å². The van der Waals surface area contributed by atoms with E-state index in [1.165, 1.54) is 25.7 Å². The summed E-state index contributed by atoms with van der Waals surface area (Å²) in [5.74, 6) is 0. The molecule has 0 fully saturated rings. The predicted octanol–water partition coefficient (Wildman–Crippen LogP) is 4.67. The molecule has 0 radical (unpaired) electrons. The molecule has 0 aromatic heterocycles. The first kappa shape index (κ1) is 30.8. The molecule has 0 aliphatic heterocycles. The third-order valence-electron chi connectivity index (χ3n) is 6.91. The predicted molar refractivity (Wildman–Crippen MR) is 138 cm³/mol. The fourth-order valence-electron chi connectivity index (χ4n) is 4.57. The summed E-state index contributed by atoms with van der Waals surface area (Å²) >= 11 is 0. The van der Waals surface area contributed by atoms with E-state index in [9.17, 15) is 0 Å². The lowest BCUT2D eigenvalue weighted by molar-refractivity contribution is 0.0150. The summed E-state index contributed by atoms with van der Waals surface area (Å²) in [6, 6.07) is 1.08. The van der Waals surface area contributed by atoms with Gasteiger partial charge in [0.25, 0.3) is 0 Å². The van der Waals surface area contributed by atoms with Gasteiger partial charge in [0.1, 0.15) is 0 Å². The van der Waals surface area contributed by atoms with Gasteiger partial charge in [-0.25, -0.2) is 0 Å². The monoisotopic (exact) mass is 442 g/mol. The standard InChI is InChI=1S/C26H58N4O/c1-9-17-25(29(15-7)21-19-27(11-3)12-4)23-31-24-26(18-10-2)30(16-8)22-20-28(13-5)14-6/h25-26H,9-24H2,1-8H3. The summed E-state index contributed by atoms with van der Waals surface area (Å²) in [7, 11) is 0. The molecule has 0 spiro atoms. The molecule has 188 valence electrons. The van der Waals surface area contributed by atoms with Crippen LogP contribution in [0.15, 0.2) is 0 Å². The number of hydrogen-bond acceptors (Lipinski definition) is 5. The van der Waals surface area contributed by atoms with Crippen LogP contribution in [-0.4, -0.2) is 110 Å². The highest BCUT2D eigenvalue weighted by Gasteiger charge is 2.21. The van der Waals surface area contributed by atoms with Crippen LogP contribution in [0, 0.1) is 0 Å². The van der Waals surface area contributed by atoms with E-state index in [0.29, 0.717) is 12.1 Å². The van der Waals surface area contributed by atoms with E-state index in [2.05, 4.69) is 75.0 Å². The van der Waals surface area contributed by atoms with Gasteiger partial charge in [0.2, 0.25) is 0 Å². The van der Waals surface area contributed by atoms with Crippen molar-refractivity contribution in [1.29, 1.82) is 0 Å². The second-order valence-corrected chi connectivity index (χ2v) is 8.73. The quantitative estimate of drug-likeness (QED) is 0.242. The summed E-state index contributed by atoms with van der Waals surface area (Å²) in [5.41, 5.74) is 0. The lowest BCUT2D eigenvalue weighted by atomic mass is 10.1. The summed E-state index contributed by atoms with van der Waals surface area (Å²) < 4.78 is 6.44. The average molecular weight is 443 g/mol. The van der Waals surface area contributed by atoms with Crippen molar-refractivity contribution in [3.8, 4) is 0 Å². The van der Waals surface area contributed by atoms with Gasteiger partial charge in [0, 0.05) is 38.3 Å². The Morgan fingerprint density at radius 1 is 0.484 bits per heavy atom. The Kier molecular flexibility index (Phi) is 20.3. The molecule has 0 bridgehead atoms. The zero-order chi connectivity index (χ0) is 23.5. The molecule has 31 heavy (non-hydrogen) atoms. The van der Waals surface area contributed by atoms with E-state index in [1.807, 2.05) is 0 Å². The van der Waals surface area contributed by atoms with E-state index in [-0.39, 0.29) is 0 Å². The maximum atomic E-state index is 6.44. The Morgan fingerprint density at radius 3 is 1.10 bits per heavy atom. The molecule has 0 N–H and O–H groups in total. The number of rotatable bonds is 22. The van der Waals surface area contributed by atoms with Gasteiger partial charge in [-0.15, -0.1) is 0 Å². The lowest BCUT2D eigenvalue weighted by Gasteiger charge is -2.35. The molecule has 0 saturated heterocycles. The molecule has 5 heteroatoms. The van der Waals surface area contributed by atoms with Crippen LogP contribution in [0.5, 0.6) is 0 Å². The van der Waals surface area contributed by atoms with Crippen molar-refractivity contribution in [2.45, 2.75) is 93.2 Å². The molecule has 0 aromatic carbocycles. The van der Waals surface area contributed by atoms with Crippen molar-refractivity contribution in [2.24, 2.45) is 0 Å². The highest BCUT2D eigenvalue weighted by atomic mass is 16.5. The highest BCUT2D eigenvalue weighted by molar-refractivity contribution is 4.75. The van der Waals surface area contributed by atoms with Crippen LogP contribution in [0.1, 0.15) is 81.1 Å². The topological polar surface area (TPSA) is 22.2 Å². The minimum absolute atomic E-state index is 0.540. The maximum Gasteiger partial charge on any atom is 0.0622 e. The largest absolute Gasteiger partial charge is 0.378 e. The molecule has 2 unspecified atom stereocenters. The Balaban J connectivity index is 4.81. The molecule has 0 aliphatic rings. The fraction of sp³-hybridized carbons (Fsp3) is 1.00. The normalized spacial score (nSPS) is 14.3. The van der Waals surface area contributed by atoms with E-state index >= 15 is 0 Å². The van der Waals surface area contributed by atoms with Gasteiger partial charge >= 0.3 is 0 Å². The molecule has 2 atom stereocenters. The highest BCUT2D eigenvalue weighted by Crippen LogP contribution is 2.12. The van der Waals surface area contributed by atoms with Crippen molar-refractivity contribution < 1.29 is 4.74 Å². The third kappa shape index (κ3) is 13.2. The van der Waals surface area contributed by atoms with Crippen molar-refractivity contribution in [3.05, 3.63) is 0 Å². The van der Waals surface area contributed by atoms with Crippen molar-refractivity contribution in [3.63, 3.8) is 0 Å². The lowest BCUT2D eigenvalue weighted by Crippen LogP contribution is -2.45. The Hall–Kier alpha value is -0.200. The first-order valence-corrected chi connectivity index (χ1v) is 13.5. The average Bonchev–Trinajstić information content (AvgIpc) is 2.79. The number of likely N-dealkylation sites (N-methyl/N-ethyl adjacent to an activating group) is 4. The molecule has 0 rings (SSSR count). The second kappa shape index (κ2) is 20.4. The van der Waals surface area contributed by atoms with Gasteiger partial charge in [-0.05, 0) is 52.1 Å². The van der Waals surface area contributed by atoms with Gasteiger partial charge in [0.05, 0.1) is 13.2 Å². The molecule has 0 aliphatic carbocycles. The molecule has 5 nitrogen and oxygen atoms in total. The molecule has 0 heterocycles. The number of ether oxygens (including phenoxy) is 1. The first-order chi connectivity index (χ1) is 15.0. The van der Waals surface area contributed by atoms with E-state index in [4.69, 9.17) is 4.74 Å². The Labute approximate surface area is 196 Å². The SMILES string of the molecule is CCCC(COCC(CCC)N(CC)CCN(CC)CC)N(CC)CCN(CC)CC. The molecule has 0 amide bonds. The Morgan fingerprint density at radius 2 is 0.839 bits per heavy atom. The molecule has 0 aromatic rings. The third-order valence-corrected chi connectivity index (χ3v) is 6.91. The van der Waals surface area contributed by atoms with Crippen LogP contribution < -0.4 is 0 Å². The van der Waals surface area contributed by atoms with Gasteiger partial charge in [-0.3, -0.25) is 9.80 Å². The van der Waals surface area contributed by atoms with Crippen LogP contribution in [0.25, 0.3) is 0 Å². The van der Waals surface area contributed by atoms with Crippen LogP contribution in [-0.2, 0) is 4.74 Å². The van der Waals surface area contributed by atoms with Crippen molar-refractivity contribution in [1.82, 2.24) is 19.6 Å². The zero-order valence-electron chi connectivity index (χ0n) is 22.7. The molecular formula is C26H58N4O. The van der Waals surface area contributed by atoms with Gasteiger partial charge in [0.15, 0.2) is 0 Å². The summed E-state index contributed by atoms with van der Waals surface area (Å²) in [4.78, 5) is 10.3. The summed E-state index contributed by atoms with van der Waals surface area (Å²) in [6.07, 6.45) is 4.90. The second-order valence-electron chi connectivity index (χ2n) is 8.73. The summed E-state index contributed by atoms with van der Waals surface area (Å²) in [5, 5.41) is 0. The van der Waals surface area contributed by atoms with Gasteiger partial charge < -0.3 is 14.5 Å². The maximum absolute atomic E-state index is 6.44. The zero-order valence-corrected chi connectivity index (χ0v) is 22.7. The van der Waals surface area contributed by atoms with Crippen molar-refractivity contribution >= 4 is 0 Å². The van der Waals surface area contributed by atoms with Crippen molar-refractivity contribution in [2.75, 3.05) is 78.7 Å². The molecular weight excluding hydrogens is 384 g/mol. The minimum Gasteiger partial charge on any atom is -0.378 e.